The van der Waals surface area contributed by atoms with E-state index in [0.717, 1.165) is 52.4 Å². The maximum Gasteiger partial charge on any atom is 0.236 e. The maximum atomic E-state index is 12.6. The quantitative estimate of drug-likeness (QED) is 0.443. The molecular weight excluding hydrogens is 420 g/mol. The molecule has 0 spiro atoms. The monoisotopic (exact) mass is 444 g/mol. The van der Waals surface area contributed by atoms with Crippen molar-refractivity contribution in [3.05, 3.63) is 26.8 Å². The lowest BCUT2D eigenvalue weighted by Crippen LogP contribution is -2.14. The first-order valence-electron chi connectivity index (χ1n) is 10.3. The largest absolute Gasteiger partial charge is 0.301 e. The smallest absolute Gasteiger partial charge is 0.236 e. The number of thiophene rings is 1. The SMILES string of the molecule is Cc1nc(SCC(=O)Nc2nc3c(s2)CCCC3)c2c3c(sc2n1)CC(C)CC3. The summed E-state index contributed by atoms with van der Waals surface area (Å²) in [5, 5.41) is 5.88. The Morgan fingerprint density at radius 1 is 1.14 bits per heavy atom. The van der Waals surface area contributed by atoms with Crippen molar-refractivity contribution in [2.24, 2.45) is 5.92 Å². The van der Waals surface area contributed by atoms with Gasteiger partial charge in [0, 0.05) is 15.1 Å². The van der Waals surface area contributed by atoms with Gasteiger partial charge < -0.3 is 5.32 Å². The molecular formula is C21H24N4OS3. The van der Waals surface area contributed by atoms with Crippen LogP contribution in [0.5, 0.6) is 0 Å². The number of aromatic nitrogens is 3. The second-order valence-corrected chi connectivity index (χ2v) is 11.2. The predicted molar refractivity (Wildman–Crippen MR) is 121 cm³/mol. The highest BCUT2D eigenvalue weighted by atomic mass is 32.2. The van der Waals surface area contributed by atoms with E-state index in [4.69, 9.17) is 4.98 Å². The Balaban J connectivity index is 1.33. The number of nitrogens with one attached hydrogen (secondary N) is 1. The fourth-order valence-corrected chi connectivity index (χ4v) is 7.67. The van der Waals surface area contributed by atoms with E-state index >= 15 is 0 Å². The Kier molecular flexibility index (Phi) is 5.34. The normalized spacial score (nSPS) is 18.5. The van der Waals surface area contributed by atoms with Gasteiger partial charge in [0.25, 0.3) is 0 Å². The Morgan fingerprint density at radius 3 is 2.86 bits per heavy atom. The molecule has 0 bridgehead atoms. The number of hydrogen-bond acceptors (Lipinski definition) is 7. The number of anilines is 1. The van der Waals surface area contributed by atoms with E-state index in [9.17, 15) is 4.79 Å². The summed E-state index contributed by atoms with van der Waals surface area (Å²) in [4.78, 5) is 30.5. The summed E-state index contributed by atoms with van der Waals surface area (Å²) >= 11 is 4.97. The number of fused-ring (bicyclic) bond motifs is 4. The van der Waals surface area contributed by atoms with Crippen molar-refractivity contribution < 1.29 is 4.79 Å². The van der Waals surface area contributed by atoms with E-state index in [2.05, 4.69) is 22.2 Å². The van der Waals surface area contributed by atoms with Gasteiger partial charge in [-0.15, -0.1) is 22.7 Å². The van der Waals surface area contributed by atoms with Gasteiger partial charge in [-0.25, -0.2) is 15.0 Å². The standard InChI is InChI=1S/C21H24N4OS3/c1-11-7-8-13-16(9-11)28-20-18(13)19(22-12(2)23-20)27-10-17(26)25-21-24-14-5-3-4-6-15(14)29-21/h11H,3-10H2,1-2H3,(H,24,25,26). The highest BCUT2D eigenvalue weighted by Crippen LogP contribution is 2.41. The van der Waals surface area contributed by atoms with Gasteiger partial charge in [0.15, 0.2) is 5.13 Å². The molecule has 0 saturated carbocycles. The average molecular weight is 445 g/mol. The second kappa shape index (κ2) is 7.96. The summed E-state index contributed by atoms with van der Waals surface area (Å²) < 4.78 is 0. The third-order valence-corrected chi connectivity index (χ3v) is 8.86. The van der Waals surface area contributed by atoms with Crippen LogP contribution in [0.25, 0.3) is 10.2 Å². The minimum absolute atomic E-state index is 0.0109. The predicted octanol–water partition coefficient (Wildman–Crippen LogP) is 5.19. The number of rotatable bonds is 4. The summed E-state index contributed by atoms with van der Waals surface area (Å²) in [6.45, 7) is 4.26. The highest BCUT2D eigenvalue weighted by Gasteiger charge is 2.24. The molecule has 1 N–H and O–H groups in total. The van der Waals surface area contributed by atoms with Crippen LogP contribution >= 0.6 is 34.4 Å². The van der Waals surface area contributed by atoms with Gasteiger partial charge >= 0.3 is 0 Å². The minimum atomic E-state index is -0.0109. The topological polar surface area (TPSA) is 67.8 Å². The molecule has 0 aromatic carbocycles. The molecule has 152 valence electrons. The lowest BCUT2D eigenvalue weighted by Gasteiger charge is -2.18. The van der Waals surface area contributed by atoms with Gasteiger partial charge in [-0.2, -0.15) is 0 Å². The Labute approximate surface area is 182 Å². The molecule has 0 saturated heterocycles. The molecule has 0 fully saturated rings. The Hall–Kier alpha value is -1.51. The first-order valence-corrected chi connectivity index (χ1v) is 12.9. The van der Waals surface area contributed by atoms with E-state index in [-0.39, 0.29) is 5.91 Å². The first kappa shape index (κ1) is 19.5. The summed E-state index contributed by atoms with van der Waals surface area (Å²) in [5.41, 5.74) is 2.59. The van der Waals surface area contributed by atoms with Crippen LogP contribution < -0.4 is 5.32 Å². The molecule has 1 atom stereocenters. The zero-order valence-electron chi connectivity index (χ0n) is 16.7. The van der Waals surface area contributed by atoms with Crippen LogP contribution in [0.4, 0.5) is 5.13 Å². The summed E-state index contributed by atoms with van der Waals surface area (Å²) in [7, 11) is 0. The summed E-state index contributed by atoms with van der Waals surface area (Å²) in [6, 6.07) is 0. The van der Waals surface area contributed by atoms with Crippen molar-refractivity contribution in [1.29, 1.82) is 0 Å². The number of thiazole rings is 1. The number of nitrogens with zero attached hydrogens (tertiary/aromatic N) is 3. The number of thioether (sulfide) groups is 1. The van der Waals surface area contributed by atoms with Crippen molar-refractivity contribution in [1.82, 2.24) is 15.0 Å². The van der Waals surface area contributed by atoms with E-state index in [1.807, 2.05) is 18.3 Å². The van der Waals surface area contributed by atoms with E-state index < -0.39 is 0 Å². The van der Waals surface area contributed by atoms with Crippen molar-refractivity contribution >= 4 is 55.7 Å². The molecule has 1 unspecified atom stereocenters. The molecule has 0 radical (unpaired) electrons. The molecule has 29 heavy (non-hydrogen) atoms. The second-order valence-electron chi connectivity index (χ2n) is 8.04. The molecule has 1 amide bonds. The van der Waals surface area contributed by atoms with E-state index in [0.29, 0.717) is 5.75 Å². The van der Waals surface area contributed by atoms with Crippen molar-refractivity contribution in [3.63, 3.8) is 0 Å². The van der Waals surface area contributed by atoms with Gasteiger partial charge in [-0.1, -0.05) is 18.7 Å². The number of hydrogen-bond donors (Lipinski definition) is 1. The van der Waals surface area contributed by atoms with Gasteiger partial charge in [-0.3, -0.25) is 4.79 Å². The molecule has 8 heteroatoms. The average Bonchev–Trinajstić information content (AvgIpc) is 3.25. The molecule has 0 aliphatic heterocycles. The van der Waals surface area contributed by atoms with Crippen LogP contribution in [0.1, 0.15) is 53.0 Å². The number of amides is 1. The lowest BCUT2D eigenvalue weighted by atomic mass is 9.89. The maximum absolute atomic E-state index is 12.6. The minimum Gasteiger partial charge on any atom is -0.301 e. The van der Waals surface area contributed by atoms with Crippen LogP contribution in [0.3, 0.4) is 0 Å². The summed E-state index contributed by atoms with van der Waals surface area (Å²) in [6.07, 6.45) is 8.00. The molecule has 2 aliphatic rings. The van der Waals surface area contributed by atoms with Crippen LogP contribution in [0, 0.1) is 12.8 Å². The van der Waals surface area contributed by atoms with E-state index in [1.54, 1.807) is 11.3 Å². The van der Waals surface area contributed by atoms with Crippen LogP contribution in [0.2, 0.25) is 0 Å². The zero-order chi connectivity index (χ0) is 20.0. The fourth-order valence-electron chi connectivity index (χ4n) is 4.21. The van der Waals surface area contributed by atoms with Gasteiger partial charge in [-0.05, 0) is 63.4 Å². The Bertz CT molecular complexity index is 1060. The number of carbonyl (C=O) groups excluding carboxylic acids is 1. The van der Waals surface area contributed by atoms with Gasteiger partial charge in [0.05, 0.1) is 11.4 Å². The molecule has 3 aromatic rings. The zero-order valence-corrected chi connectivity index (χ0v) is 19.2. The van der Waals surface area contributed by atoms with Crippen molar-refractivity contribution in [2.75, 3.05) is 11.1 Å². The third kappa shape index (κ3) is 3.94. The van der Waals surface area contributed by atoms with Crippen LogP contribution in [-0.2, 0) is 30.5 Å². The van der Waals surface area contributed by atoms with Crippen LogP contribution in [-0.4, -0.2) is 26.6 Å². The van der Waals surface area contributed by atoms with Crippen LogP contribution in [0.15, 0.2) is 5.03 Å². The lowest BCUT2D eigenvalue weighted by molar-refractivity contribution is -0.113. The Morgan fingerprint density at radius 2 is 2.00 bits per heavy atom. The highest BCUT2D eigenvalue weighted by molar-refractivity contribution is 8.00. The molecule has 2 aliphatic carbocycles. The van der Waals surface area contributed by atoms with Crippen molar-refractivity contribution in [2.45, 2.75) is 63.8 Å². The molecule has 5 rings (SSSR count). The van der Waals surface area contributed by atoms with Crippen molar-refractivity contribution in [3.8, 4) is 0 Å². The van der Waals surface area contributed by atoms with E-state index in [1.165, 1.54) is 57.4 Å². The summed E-state index contributed by atoms with van der Waals surface area (Å²) in [5.74, 6) is 1.84. The third-order valence-electron chi connectivity index (χ3n) is 5.67. The molecule has 3 aromatic heterocycles. The number of carbonyl (C=O) groups is 1. The first-order chi connectivity index (χ1) is 14.1. The molecule has 5 nitrogen and oxygen atoms in total. The number of aryl methyl sites for hydroxylation is 4. The van der Waals surface area contributed by atoms with Gasteiger partial charge in [0.1, 0.15) is 15.7 Å². The van der Waals surface area contributed by atoms with Gasteiger partial charge in [0.2, 0.25) is 5.91 Å². The molecule has 3 heterocycles. The fraction of sp³-hybridized carbons (Fsp3) is 0.524.